The lowest BCUT2D eigenvalue weighted by Crippen LogP contribution is -2.47. The van der Waals surface area contributed by atoms with Gasteiger partial charge in [-0.2, -0.15) is 9.49 Å². The van der Waals surface area contributed by atoms with E-state index >= 15 is 0 Å². The lowest BCUT2D eigenvalue weighted by atomic mass is 9.98. The van der Waals surface area contributed by atoms with Gasteiger partial charge in [-0.05, 0) is 49.9 Å². The van der Waals surface area contributed by atoms with Gasteiger partial charge in [0.2, 0.25) is 5.95 Å². The van der Waals surface area contributed by atoms with E-state index in [-0.39, 0.29) is 12.4 Å². The summed E-state index contributed by atoms with van der Waals surface area (Å²) in [4.78, 5) is 6.28. The summed E-state index contributed by atoms with van der Waals surface area (Å²) in [6.07, 6.45) is 8.02. The van der Waals surface area contributed by atoms with Crippen molar-refractivity contribution in [2.75, 3.05) is 11.9 Å². The van der Waals surface area contributed by atoms with Gasteiger partial charge in [0.1, 0.15) is 5.69 Å². The Balaban J connectivity index is 0.00000205. The summed E-state index contributed by atoms with van der Waals surface area (Å²) in [5, 5.41) is 18.9. The molecule has 0 aliphatic carbocycles. The summed E-state index contributed by atoms with van der Waals surface area (Å²) in [5.74, 6) is 0.289. The Morgan fingerprint density at radius 1 is 1.03 bits per heavy atom. The van der Waals surface area contributed by atoms with Crippen LogP contribution in [0.15, 0.2) is 36.7 Å². The molecule has 0 aromatic carbocycles. The van der Waals surface area contributed by atoms with E-state index in [1.165, 1.54) is 12.8 Å². The average Bonchev–Trinajstić information content (AvgIpc) is 3.37. The fraction of sp³-hybridized carbons (Fsp3) is 0.400. The van der Waals surface area contributed by atoms with Gasteiger partial charge in [0.15, 0.2) is 5.82 Å². The predicted molar refractivity (Wildman–Crippen MR) is 111 cm³/mol. The number of halogens is 2. The van der Waals surface area contributed by atoms with Crippen LogP contribution >= 0.6 is 12.4 Å². The summed E-state index contributed by atoms with van der Waals surface area (Å²) in [7, 11) is 2.08. The molecule has 1 unspecified atom stereocenters. The Labute approximate surface area is 174 Å². The van der Waals surface area contributed by atoms with E-state index in [1.807, 2.05) is 12.1 Å². The molecule has 5 heterocycles. The number of anilines is 1. The number of aromatic nitrogens is 5. The number of H-pyrrole nitrogens is 1. The van der Waals surface area contributed by atoms with Crippen LogP contribution in [-0.2, 0) is 0 Å². The van der Waals surface area contributed by atoms with Crippen LogP contribution in [0.1, 0.15) is 25.7 Å². The highest BCUT2D eigenvalue weighted by Crippen LogP contribution is 2.31. The predicted octanol–water partition coefficient (Wildman–Crippen LogP) is 3.21. The zero-order chi connectivity index (χ0) is 19.1. The minimum Gasteiger partial charge on any atom is -0.355 e. The van der Waals surface area contributed by atoms with Gasteiger partial charge in [-0.15, -0.1) is 22.6 Å². The zero-order valence-corrected chi connectivity index (χ0v) is 16.9. The molecule has 0 radical (unpaired) electrons. The van der Waals surface area contributed by atoms with Crippen LogP contribution in [0.5, 0.6) is 0 Å². The van der Waals surface area contributed by atoms with Gasteiger partial charge in [0, 0.05) is 42.5 Å². The highest BCUT2D eigenvalue weighted by Gasteiger charge is 2.35. The second-order valence-electron chi connectivity index (χ2n) is 7.67. The Hall–Kier alpha value is -2.58. The fourth-order valence-corrected chi connectivity index (χ4v) is 4.37. The minimum absolute atomic E-state index is 0. The van der Waals surface area contributed by atoms with Crippen LogP contribution < -0.4 is 10.2 Å². The Kier molecular flexibility index (Phi) is 5.47. The second kappa shape index (κ2) is 8.04. The maximum absolute atomic E-state index is 14.4. The molecule has 0 amide bonds. The zero-order valence-electron chi connectivity index (χ0n) is 16.0. The van der Waals surface area contributed by atoms with Gasteiger partial charge >= 0.3 is 0 Å². The lowest BCUT2D eigenvalue weighted by Gasteiger charge is -2.36. The largest absolute Gasteiger partial charge is 0.355 e. The molecule has 5 rings (SSSR count). The third kappa shape index (κ3) is 3.82. The Morgan fingerprint density at radius 2 is 1.79 bits per heavy atom. The standard InChI is InChI=1S/C20H22FN7.ClH/c1-28(15-8-13-2-3-14(9-15)24-13)19-7-6-18(26-27-19)17-5-4-16(20(21)25-17)12-10-22-23-11-12;/h4-7,10-11,13-15,24H,2-3,8-9H2,1H3,(H,22,23);1H/t13-,14+,15?;. The summed E-state index contributed by atoms with van der Waals surface area (Å²) in [6, 6.07) is 8.96. The van der Waals surface area contributed by atoms with Gasteiger partial charge in [-0.25, -0.2) is 4.98 Å². The van der Waals surface area contributed by atoms with Crippen LogP contribution in [0.2, 0.25) is 0 Å². The van der Waals surface area contributed by atoms with Crippen molar-refractivity contribution in [2.24, 2.45) is 0 Å². The van der Waals surface area contributed by atoms with Crippen molar-refractivity contribution in [3.8, 4) is 22.5 Å². The molecule has 2 aliphatic heterocycles. The molecule has 2 fully saturated rings. The van der Waals surface area contributed by atoms with E-state index in [0.717, 1.165) is 18.7 Å². The monoisotopic (exact) mass is 415 g/mol. The number of nitrogens with one attached hydrogen (secondary N) is 2. The molecule has 2 bridgehead atoms. The summed E-state index contributed by atoms with van der Waals surface area (Å²) >= 11 is 0. The third-order valence-corrected chi connectivity index (χ3v) is 5.93. The third-order valence-electron chi connectivity index (χ3n) is 5.93. The van der Waals surface area contributed by atoms with Crippen LogP contribution in [0.3, 0.4) is 0 Å². The van der Waals surface area contributed by atoms with Gasteiger partial charge in [-0.1, -0.05) is 0 Å². The molecule has 29 heavy (non-hydrogen) atoms. The van der Waals surface area contributed by atoms with E-state index in [4.69, 9.17) is 0 Å². The Morgan fingerprint density at radius 3 is 2.41 bits per heavy atom. The van der Waals surface area contributed by atoms with Crippen molar-refractivity contribution in [1.29, 1.82) is 0 Å². The van der Waals surface area contributed by atoms with E-state index in [0.29, 0.717) is 40.6 Å². The SMILES string of the molecule is CN(c1ccc(-c2ccc(-c3cn[nH]c3)c(F)n2)nn1)C1C[C@H]2CC[C@@H](C1)N2.Cl. The van der Waals surface area contributed by atoms with Crippen molar-refractivity contribution in [1.82, 2.24) is 30.7 Å². The van der Waals surface area contributed by atoms with Gasteiger partial charge < -0.3 is 10.2 Å². The van der Waals surface area contributed by atoms with Gasteiger partial charge in [0.25, 0.3) is 0 Å². The highest BCUT2D eigenvalue weighted by atomic mass is 35.5. The van der Waals surface area contributed by atoms with E-state index < -0.39 is 5.95 Å². The summed E-state index contributed by atoms with van der Waals surface area (Å²) < 4.78 is 14.4. The van der Waals surface area contributed by atoms with Crippen LogP contribution in [-0.4, -0.2) is 50.6 Å². The van der Waals surface area contributed by atoms with Crippen LogP contribution in [0.4, 0.5) is 10.2 Å². The molecule has 9 heteroatoms. The number of hydrogen-bond donors (Lipinski definition) is 2. The second-order valence-corrected chi connectivity index (χ2v) is 7.67. The van der Waals surface area contributed by atoms with Crippen LogP contribution in [0.25, 0.3) is 22.5 Å². The van der Waals surface area contributed by atoms with Crippen molar-refractivity contribution in [2.45, 2.75) is 43.8 Å². The number of pyridine rings is 1. The van der Waals surface area contributed by atoms with Crippen molar-refractivity contribution in [3.63, 3.8) is 0 Å². The topological polar surface area (TPSA) is 82.6 Å². The molecule has 2 aliphatic rings. The normalized spacial score (nSPS) is 22.9. The molecule has 0 saturated carbocycles. The maximum Gasteiger partial charge on any atom is 0.221 e. The number of piperidine rings is 1. The molecule has 152 valence electrons. The van der Waals surface area contributed by atoms with Crippen LogP contribution in [0, 0.1) is 5.95 Å². The number of nitrogens with zero attached hydrogens (tertiary/aromatic N) is 5. The average molecular weight is 416 g/mol. The summed E-state index contributed by atoms with van der Waals surface area (Å²) in [6.45, 7) is 0. The molecule has 0 spiro atoms. The molecule has 7 nitrogen and oxygen atoms in total. The smallest absolute Gasteiger partial charge is 0.221 e. The molecule has 3 aromatic heterocycles. The molecule has 2 saturated heterocycles. The maximum atomic E-state index is 14.4. The Bertz CT molecular complexity index is 951. The number of fused-ring (bicyclic) bond motifs is 2. The number of hydrogen-bond acceptors (Lipinski definition) is 6. The molecule has 2 N–H and O–H groups in total. The number of rotatable bonds is 4. The fourth-order valence-electron chi connectivity index (χ4n) is 4.37. The minimum atomic E-state index is -0.549. The van der Waals surface area contributed by atoms with Crippen molar-refractivity contribution < 1.29 is 4.39 Å². The number of aromatic amines is 1. The lowest BCUT2D eigenvalue weighted by molar-refractivity contribution is 0.353. The highest BCUT2D eigenvalue weighted by molar-refractivity contribution is 5.85. The first-order valence-corrected chi connectivity index (χ1v) is 9.66. The first-order chi connectivity index (χ1) is 13.7. The van der Waals surface area contributed by atoms with Gasteiger partial charge in [0.05, 0.1) is 11.9 Å². The molecular formula is C20H23ClFN7. The molecular weight excluding hydrogens is 393 g/mol. The van der Waals surface area contributed by atoms with E-state index in [1.54, 1.807) is 24.5 Å². The first kappa shape index (κ1) is 19.7. The quantitative estimate of drug-likeness (QED) is 0.637. The van der Waals surface area contributed by atoms with Gasteiger partial charge in [-0.3, -0.25) is 5.10 Å². The summed E-state index contributed by atoms with van der Waals surface area (Å²) in [5.41, 5.74) is 2.09. The first-order valence-electron chi connectivity index (χ1n) is 9.66. The van der Waals surface area contributed by atoms with Crippen molar-refractivity contribution >= 4 is 18.2 Å². The van der Waals surface area contributed by atoms with E-state index in [9.17, 15) is 4.39 Å². The van der Waals surface area contributed by atoms with Crippen molar-refractivity contribution in [3.05, 3.63) is 42.6 Å². The molecule has 3 aromatic rings. The van der Waals surface area contributed by atoms with E-state index in [2.05, 4.69) is 42.6 Å². The molecule has 3 atom stereocenters.